The van der Waals surface area contributed by atoms with Gasteiger partial charge in [0.15, 0.2) is 0 Å². The second-order valence-corrected chi connectivity index (χ2v) is 9.18. The summed E-state index contributed by atoms with van der Waals surface area (Å²) in [6, 6.07) is 1.82. The summed E-state index contributed by atoms with van der Waals surface area (Å²) in [4.78, 5) is 0. The Hall–Kier alpha value is -0.430. The first-order valence-corrected chi connectivity index (χ1v) is 10.1. The van der Waals surface area contributed by atoms with Gasteiger partial charge in [0, 0.05) is 19.6 Å². The standard InChI is InChI=1S/C15H26N2O2S2/c1-4-6-16-9-13-8-15(20-11-13)21(18,19)17-7-5-14(10-17)12(2)3/h8,11-12,14,16H,4-7,9-10H2,1-3H3. The Bertz CT molecular complexity index is 552. The lowest BCUT2D eigenvalue weighted by Crippen LogP contribution is -2.29. The summed E-state index contributed by atoms with van der Waals surface area (Å²) in [5, 5.41) is 5.26. The van der Waals surface area contributed by atoms with E-state index in [1.807, 2.05) is 11.4 Å². The van der Waals surface area contributed by atoms with Crippen molar-refractivity contribution in [3.8, 4) is 0 Å². The molecule has 1 atom stereocenters. The van der Waals surface area contributed by atoms with E-state index in [9.17, 15) is 8.42 Å². The van der Waals surface area contributed by atoms with Gasteiger partial charge in [-0.1, -0.05) is 20.8 Å². The van der Waals surface area contributed by atoms with Crippen LogP contribution in [0.1, 0.15) is 39.2 Å². The van der Waals surface area contributed by atoms with Crippen LogP contribution < -0.4 is 5.32 Å². The van der Waals surface area contributed by atoms with Crippen LogP contribution in [0.2, 0.25) is 0 Å². The lowest BCUT2D eigenvalue weighted by Gasteiger charge is -2.17. The van der Waals surface area contributed by atoms with Crippen molar-refractivity contribution in [2.75, 3.05) is 19.6 Å². The van der Waals surface area contributed by atoms with E-state index in [0.717, 1.165) is 31.5 Å². The Morgan fingerprint density at radius 1 is 1.48 bits per heavy atom. The second-order valence-electron chi connectivity index (χ2n) is 6.11. The topological polar surface area (TPSA) is 49.4 Å². The zero-order valence-corrected chi connectivity index (χ0v) is 14.8. The van der Waals surface area contributed by atoms with Crippen molar-refractivity contribution in [1.29, 1.82) is 0 Å². The van der Waals surface area contributed by atoms with Crippen molar-refractivity contribution in [2.24, 2.45) is 11.8 Å². The summed E-state index contributed by atoms with van der Waals surface area (Å²) < 4.78 is 27.5. The number of hydrogen-bond acceptors (Lipinski definition) is 4. The molecule has 0 amide bonds. The summed E-state index contributed by atoms with van der Waals surface area (Å²) in [5.74, 6) is 1.03. The molecule has 0 aromatic carbocycles. The number of thiophene rings is 1. The van der Waals surface area contributed by atoms with Gasteiger partial charge in [0.2, 0.25) is 0 Å². The van der Waals surface area contributed by atoms with E-state index in [1.165, 1.54) is 11.3 Å². The van der Waals surface area contributed by atoms with Crippen LogP contribution in [0, 0.1) is 11.8 Å². The fourth-order valence-electron chi connectivity index (χ4n) is 2.63. The van der Waals surface area contributed by atoms with Gasteiger partial charge in [-0.25, -0.2) is 8.42 Å². The maximum atomic E-state index is 12.7. The molecule has 4 nitrogen and oxygen atoms in total. The Balaban J connectivity index is 2.03. The minimum Gasteiger partial charge on any atom is -0.313 e. The maximum absolute atomic E-state index is 12.7. The van der Waals surface area contributed by atoms with Gasteiger partial charge in [0.1, 0.15) is 4.21 Å². The highest BCUT2D eigenvalue weighted by atomic mass is 32.2. The fraction of sp³-hybridized carbons (Fsp3) is 0.733. The van der Waals surface area contributed by atoms with Crippen molar-refractivity contribution in [3.63, 3.8) is 0 Å². The second kappa shape index (κ2) is 7.22. The van der Waals surface area contributed by atoms with Gasteiger partial charge in [-0.05, 0) is 48.2 Å². The van der Waals surface area contributed by atoms with Crippen molar-refractivity contribution in [3.05, 3.63) is 17.0 Å². The average Bonchev–Trinajstić information content (AvgIpc) is 3.08. The highest BCUT2D eigenvalue weighted by Crippen LogP contribution is 2.31. The zero-order chi connectivity index (χ0) is 15.5. The summed E-state index contributed by atoms with van der Waals surface area (Å²) in [6.45, 7) is 9.49. The van der Waals surface area contributed by atoms with Crippen LogP contribution in [0.4, 0.5) is 0 Å². The first kappa shape index (κ1) is 16.9. The monoisotopic (exact) mass is 330 g/mol. The molecule has 2 heterocycles. The lowest BCUT2D eigenvalue weighted by molar-refractivity contribution is 0.389. The Morgan fingerprint density at radius 2 is 2.24 bits per heavy atom. The average molecular weight is 331 g/mol. The van der Waals surface area contributed by atoms with E-state index in [2.05, 4.69) is 26.1 Å². The van der Waals surface area contributed by atoms with Gasteiger partial charge in [-0.2, -0.15) is 4.31 Å². The van der Waals surface area contributed by atoms with E-state index >= 15 is 0 Å². The number of sulfonamides is 1. The van der Waals surface area contributed by atoms with Crippen molar-refractivity contribution < 1.29 is 8.42 Å². The molecular weight excluding hydrogens is 304 g/mol. The molecule has 1 fully saturated rings. The SMILES string of the molecule is CCCNCc1csc(S(=O)(=O)N2CCC(C(C)C)C2)c1. The third-order valence-corrected chi connectivity index (χ3v) is 7.44. The Labute approximate surface area is 132 Å². The molecule has 0 bridgehead atoms. The molecule has 1 aliphatic rings. The highest BCUT2D eigenvalue weighted by molar-refractivity contribution is 7.91. The Kier molecular flexibility index (Phi) is 5.82. The van der Waals surface area contributed by atoms with Gasteiger partial charge in [0.05, 0.1) is 0 Å². The minimum atomic E-state index is -3.29. The van der Waals surface area contributed by atoms with Crippen LogP contribution in [-0.4, -0.2) is 32.4 Å². The summed E-state index contributed by atoms with van der Waals surface area (Å²) in [6.07, 6.45) is 2.06. The molecule has 120 valence electrons. The van der Waals surface area contributed by atoms with E-state index < -0.39 is 10.0 Å². The molecule has 0 saturated carbocycles. The quantitative estimate of drug-likeness (QED) is 0.782. The third kappa shape index (κ3) is 4.06. The summed E-state index contributed by atoms with van der Waals surface area (Å²) >= 11 is 1.34. The van der Waals surface area contributed by atoms with Crippen LogP contribution in [-0.2, 0) is 16.6 Å². The van der Waals surface area contributed by atoms with E-state index in [4.69, 9.17) is 0 Å². The van der Waals surface area contributed by atoms with Gasteiger partial charge in [-0.15, -0.1) is 11.3 Å². The molecule has 21 heavy (non-hydrogen) atoms. The molecule has 0 aliphatic carbocycles. The van der Waals surface area contributed by atoms with Crippen LogP contribution in [0.25, 0.3) is 0 Å². The minimum absolute atomic E-state index is 0.486. The number of hydrogen-bond donors (Lipinski definition) is 1. The molecule has 0 spiro atoms. The highest BCUT2D eigenvalue weighted by Gasteiger charge is 2.34. The van der Waals surface area contributed by atoms with Gasteiger partial charge in [-0.3, -0.25) is 0 Å². The van der Waals surface area contributed by atoms with E-state index in [-0.39, 0.29) is 0 Å². The first-order chi connectivity index (χ1) is 9.95. The van der Waals surface area contributed by atoms with E-state index in [0.29, 0.717) is 29.1 Å². The number of nitrogens with one attached hydrogen (secondary N) is 1. The molecule has 2 rings (SSSR count). The molecule has 1 aromatic rings. The van der Waals surface area contributed by atoms with Crippen molar-refractivity contribution in [1.82, 2.24) is 9.62 Å². The zero-order valence-electron chi connectivity index (χ0n) is 13.1. The van der Waals surface area contributed by atoms with Crippen LogP contribution >= 0.6 is 11.3 Å². The maximum Gasteiger partial charge on any atom is 0.252 e. The molecule has 0 radical (unpaired) electrons. The van der Waals surface area contributed by atoms with Crippen molar-refractivity contribution >= 4 is 21.4 Å². The fourth-order valence-corrected chi connectivity index (χ4v) is 5.51. The van der Waals surface area contributed by atoms with Gasteiger partial charge >= 0.3 is 0 Å². The first-order valence-electron chi connectivity index (χ1n) is 7.73. The molecule has 1 aromatic heterocycles. The number of rotatable bonds is 7. The lowest BCUT2D eigenvalue weighted by atomic mass is 9.96. The third-order valence-electron chi connectivity index (χ3n) is 4.11. The normalized spacial score (nSPS) is 20.5. The van der Waals surface area contributed by atoms with Gasteiger partial charge in [0.25, 0.3) is 10.0 Å². The van der Waals surface area contributed by atoms with Crippen LogP contribution in [0.5, 0.6) is 0 Å². The largest absolute Gasteiger partial charge is 0.313 e. The molecule has 6 heteroatoms. The number of nitrogens with zero attached hydrogens (tertiary/aromatic N) is 1. The molecule has 1 saturated heterocycles. The van der Waals surface area contributed by atoms with Crippen molar-refractivity contribution in [2.45, 2.75) is 44.4 Å². The van der Waals surface area contributed by atoms with Gasteiger partial charge < -0.3 is 5.32 Å². The smallest absolute Gasteiger partial charge is 0.252 e. The molecule has 1 unspecified atom stereocenters. The summed E-state index contributed by atoms with van der Waals surface area (Å²) in [7, 11) is -3.29. The molecule has 1 aliphatic heterocycles. The summed E-state index contributed by atoms with van der Waals surface area (Å²) in [5.41, 5.74) is 1.06. The molecule has 1 N–H and O–H groups in total. The molecular formula is C15H26N2O2S2. The predicted octanol–water partition coefficient (Wildman–Crippen LogP) is 2.91. The Morgan fingerprint density at radius 3 is 2.86 bits per heavy atom. The van der Waals surface area contributed by atoms with E-state index in [1.54, 1.807) is 4.31 Å². The van der Waals surface area contributed by atoms with Crippen LogP contribution in [0.15, 0.2) is 15.7 Å². The van der Waals surface area contributed by atoms with Crippen LogP contribution in [0.3, 0.4) is 0 Å². The predicted molar refractivity (Wildman–Crippen MR) is 88.0 cm³/mol.